The molecule has 0 saturated heterocycles. The van der Waals surface area contributed by atoms with Crippen LogP contribution < -0.4 is 0 Å². The minimum absolute atomic E-state index is 0.0615. The fourth-order valence-corrected chi connectivity index (χ4v) is 3.95. The number of hydrogen-bond acceptors (Lipinski definition) is 4. The van der Waals surface area contributed by atoms with Crippen LogP contribution in [0, 0.1) is 0 Å². The van der Waals surface area contributed by atoms with Crippen molar-refractivity contribution in [2.75, 3.05) is 5.88 Å². The number of sulfone groups is 1. The van der Waals surface area contributed by atoms with Crippen molar-refractivity contribution in [1.29, 1.82) is 0 Å². The van der Waals surface area contributed by atoms with Gasteiger partial charge >= 0.3 is 0 Å². The summed E-state index contributed by atoms with van der Waals surface area (Å²) < 4.78 is 25.3. The summed E-state index contributed by atoms with van der Waals surface area (Å²) in [6.45, 7) is 1.74. The second-order valence-corrected chi connectivity index (χ2v) is 7.80. The van der Waals surface area contributed by atoms with Gasteiger partial charge in [-0.25, -0.2) is 8.42 Å². The van der Waals surface area contributed by atoms with E-state index in [1.807, 2.05) is 6.07 Å². The topological polar surface area (TPSA) is 55.7 Å². The molecule has 2 rings (SSSR count). The van der Waals surface area contributed by atoms with Gasteiger partial charge in [0.1, 0.15) is 0 Å². The van der Waals surface area contributed by atoms with Crippen LogP contribution in [0.2, 0.25) is 0 Å². The zero-order valence-corrected chi connectivity index (χ0v) is 13.4. The summed E-state index contributed by atoms with van der Waals surface area (Å²) in [7, 11) is -3.48. The molecule has 1 atom stereocenters. The lowest BCUT2D eigenvalue weighted by Crippen LogP contribution is -2.28. The fraction of sp³-hybridized carbons (Fsp3) is 0.417. The molecule has 104 valence electrons. The van der Waals surface area contributed by atoms with E-state index in [-0.39, 0.29) is 23.1 Å². The lowest BCUT2D eigenvalue weighted by atomic mass is 10.1. The summed E-state index contributed by atoms with van der Waals surface area (Å²) in [5.41, 5.74) is -0.0256. The van der Waals surface area contributed by atoms with Crippen molar-refractivity contribution in [1.82, 2.24) is 0 Å². The molecule has 4 nitrogen and oxygen atoms in total. The van der Waals surface area contributed by atoms with E-state index >= 15 is 0 Å². The van der Waals surface area contributed by atoms with Gasteiger partial charge in [-0.15, -0.1) is 11.6 Å². The largest absolute Gasteiger partial charge is 0.387 e. The predicted molar refractivity (Wildman–Crippen MR) is 79.0 cm³/mol. The van der Waals surface area contributed by atoms with Gasteiger partial charge < -0.3 is 4.84 Å². The van der Waals surface area contributed by atoms with Crippen molar-refractivity contribution >= 4 is 42.4 Å². The molecule has 0 radical (unpaired) electrons. The van der Waals surface area contributed by atoms with Crippen LogP contribution in [0.15, 0.2) is 33.9 Å². The zero-order valence-electron chi connectivity index (χ0n) is 10.3. The number of halogens is 2. The molecular formula is C12H13BrClNO3S. The first-order chi connectivity index (χ1) is 8.86. The molecule has 0 amide bonds. The van der Waals surface area contributed by atoms with Gasteiger partial charge in [-0.1, -0.05) is 39.3 Å². The third-order valence-corrected chi connectivity index (χ3v) is 5.80. The highest BCUT2D eigenvalue weighted by atomic mass is 79.9. The van der Waals surface area contributed by atoms with E-state index in [1.165, 1.54) is 0 Å². The molecule has 0 fully saturated rings. The number of oxime groups is 1. The highest BCUT2D eigenvalue weighted by molar-refractivity contribution is 9.10. The van der Waals surface area contributed by atoms with Crippen molar-refractivity contribution in [2.24, 2.45) is 5.16 Å². The van der Waals surface area contributed by atoms with Gasteiger partial charge in [0.25, 0.3) is 0 Å². The average Bonchev–Trinajstić information content (AvgIpc) is 2.76. The highest BCUT2D eigenvalue weighted by Crippen LogP contribution is 2.29. The summed E-state index contributed by atoms with van der Waals surface area (Å²) in [5, 5.41) is 3.75. The molecule has 0 aliphatic carbocycles. The summed E-state index contributed by atoms with van der Waals surface area (Å²) in [5.74, 6) is 0.0968. The molecule has 1 aliphatic rings. The number of rotatable bonds is 3. The standard InChI is InChI=1S/C12H13BrClNO3S/c1-12(8-14)6-11(15-18-12)19(16,17)7-9-4-2-3-5-10(9)13/h2-5H,6-8H2,1H3. The molecule has 7 heteroatoms. The van der Waals surface area contributed by atoms with Crippen LogP contribution in [-0.2, 0) is 20.4 Å². The minimum Gasteiger partial charge on any atom is -0.387 e. The van der Waals surface area contributed by atoms with E-state index in [0.29, 0.717) is 5.56 Å². The van der Waals surface area contributed by atoms with E-state index in [1.54, 1.807) is 25.1 Å². The second kappa shape index (κ2) is 5.42. The average molecular weight is 367 g/mol. The van der Waals surface area contributed by atoms with Crippen molar-refractivity contribution in [3.63, 3.8) is 0 Å². The normalized spacial score (nSPS) is 23.0. The van der Waals surface area contributed by atoms with E-state index in [9.17, 15) is 8.42 Å². The Morgan fingerprint density at radius 1 is 1.47 bits per heavy atom. The first-order valence-electron chi connectivity index (χ1n) is 5.63. The summed E-state index contributed by atoms with van der Waals surface area (Å²) in [6.07, 6.45) is 0.212. The third-order valence-electron chi connectivity index (χ3n) is 2.84. The number of alkyl halides is 1. The van der Waals surface area contributed by atoms with Crippen LogP contribution in [-0.4, -0.2) is 24.9 Å². The molecule has 1 aliphatic heterocycles. The number of nitrogens with zero attached hydrogens (tertiary/aromatic N) is 1. The number of hydrogen-bond donors (Lipinski definition) is 0. The van der Waals surface area contributed by atoms with Crippen molar-refractivity contribution in [2.45, 2.75) is 24.7 Å². The van der Waals surface area contributed by atoms with E-state index in [2.05, 4.69) is 21.1 Å². The Balaban J connectivity index is 2.19. The molecular weight excluding hydrogens is 354 g/mol. The Bertz CT molecular complexity index is 617. The van der Waals surface area contributed by atoms with Crippen molar-refractivity contribution in [3.8, 4) is 0 Å². The minimum atomic E-state index is -3.48. The third kappa shape index (κ3) is 3.30. The molecule has 0 saturated carbocycles. The van der Waals surface area contributed by atoms with Crippen LogP contribution in [0.25, 0.3) is 0 Å². The maximum absolute atomic E-state index is 12.3. The maximum atomic E-state index is 12.3. The van der Waals surface area contributed by atoms with E-state index in [4.69, 9.17) is 16.4 Å². The smallest absolute Gasteiger partial charge is 0.199 e. The summed E-state index contributed by atoms with van der Waals surface area (Å²) >= 11 is 9.09. The lowest BCUT2D eigenvalue weighted by Gasteiger charge is -2.16. The second-order valence-electron chi connectivity index (χ2n) is 4.69. The SMILES string of the molecule is CC1(CCl)CC(S(=O)(=O)Cc2ccccc2Br)=NO1. The highest BCUT2D eigenvalue weighted by Gasteiger charge is 2.39. The first-order valence-corrected chi connectivity index (χ1v) is 8.61. The first kappa shape index (κ1) is 14.8. The van der Waals surface area contributed by atoms with Gasteiger partial charge in [0, 0.05) is 10.9 Å². The van der Waals surface area contributed by atoms with Gasteiger partial charge in [0.15, 0.2) is 20.5 Å². The van der Waals surface area contributed by atoms with Crippen LogP contribution in [0.5, 0.6) is 0 Å². The van der Waals surface area contributed by atoms with Crippen LogP contribution in [0.1, 0.15) is 18.9 Å². The Morgan fingerprint density at radius 3 is 2.74 bits per heavy atom. The maximum Gasteiger partial charge on any atom is 0.199 e. The van der Waals surface area contributed by atoms with E-state index < -0.39 is 15.4 Å². The number of benzene rings is 1. The quantitative estimate of drug-likeness (QED) is 0.772. The summed E-state index contributed by atoms with van der Waals surface area (Å²) in [6, 6.07) is 7.20. The molecule has 0 bridgehead atoms. The molecule has 19 heavy (non-hydrogen) atoms. The molecule has 0 aromatic heterocycles. The molecule has 1 aromatic rings. The molecule has 0 spiro atoms. The van der Waals surface area contributed by atoms with Crippen LogP contribution >= 0.6 is 27.5 Å². The molecule has 1 heterocycles. The van der Waals surface area contributed by atoms with Crippen molar-refractivity contribution < 1.29 is 13.3 Å². The van der Waals surface area contributed by atoms with Crippen molar-refractivity contribution in [3.05, 3.63) is 34.3 Å². The van der Waals surface area contributed by atoms with Crippen LogP contribution in [0.4, 0.5) is 0 Å². The molecule has 1 aromatic carbocycles. The monoisotopic (exact) mass is 365 g/mol. The Labute approximate surface area is 125 Å². The molecule has 0 N–H and O–H groups in total. The Morgan fingerprint density at radius 2 is 2.16 bits per heavy atom. The Hall–Kier alpha value is -0.590. The van der Waals surface area contributed by atoms with Gasteiger partial charge in [-0.05, 0) is 18.6 Å². The van der Waals surface area contributed by atoms with Gasteiger partial charge in [-0.2, -0.15) is 0 Å². The fourth-order valence-electron chi connectivity index (χ4n) is 1.69. The van der Waals surface area contributed by atoms with Gasteiger partial charge in [-0.3, -0.25) is 0 Å². The van der Waals surface area contributed by atoms with Gasteiger partial charge in [0.05, 0.1) is 11.6 Å². The van der Waals surface area contributed by atoms with Crippen LogP contribution in [0.3, 0.4) is 0 Å². The summed E-state index contributed by atoms with van der Waals surface area (Å²) in [4.78, 5) is 5.12. The van der Waals surface area contributed by atoms with Gasteiger partial charge in [0.2, 0.25) is 0 Å². The predicted octanol–water partition coefficient (Wildman–Crippen LogP) is 3.10. The molecule has 1 unspecified atom stereocenters. The lowest BCUT2D eigenvalue weighted by molar-refractivity contribution is 0.0152. The Kier molecular flexibility index (Phi) is 4.23. The van der Waals surface area contributed by atoms with E-state index in [0.717, 1.165) is 4.47 Å². The zero-order chi connectivity index (χ0) is 14.1.